The molecule has 0 saturated carbocycles. The highest BCUT2D eigenvalue weighted by molar-refractivity contribution is 7.89. The lowest BCUT2D eigenvalue weighted by molar-refractivity contribution is 0.0602. The lowest BCUT2D eigenvalue weighted by Gasteiger charge is -2.16. The molecule has 0 aromatic heterocycles. The summed E-state index contributed by atoms with van der Waals surface area (Å²) in [6.07, 6.45) is 1.67. The van der Waals surface area contributed by atoms with Crippen LogP contribution in [0.5, 0.6) is 0 Å². The van der Waals surface area contributed by atoms with Crippen molar-refractivity contribution in [2.75, 3.05) is 25.5 Å². The minimum atomic E-state index is -3.61. The lowest BCUT2D eigenvalue weighted by Crippen LogP contribution is -2.28. The number of hydrogen-bond donors (Lipinski definition) is 1. The molecule has 0 spiro atoms. The predicted molar refractivity (Wildman–Crippen MR) is 100 cm³/mol. The smallest absolute Gasteiger partial charge is 0.339 e. The van der Waals surface area contributed by atoms with Crippen LogP contribution in [0.4, 0.5) is 5.69 Å². The van der Waals surface area contributed by atoms with Gasteiger partial charge in [-0.25, -0.2) is 13.2 Å². The van der Waals surface area contributed by atoms with E-state index in [2.05, 4.69) is 5.32 Å². The number of hydrogen-bond acceptors (Lipinski definition) is 5. The third-order valence-electron chi connectivity index (χ3n) is 4.38. The molecule has 2 aromatic carbocycles. The third-order valence-corrected chi connectivity index (χ3v) is 6.27. The van der Waals surface area contributed by atoms with E-state index in [-0.39, 0.29) is 16.0 Å². The number of methoxy groups -OCH3 is 1. The molecule has 1 aliphatic heterocycles. The first-order chi connectivity index (χ1) is 12.9. The molecule has 8 heteroatoms. The quantitative estimate of drug-likeness (QED) is 0.795. The normalized spacial score (nSPS) is 14.7. The van der Waals surface area contributed by atoms with Gasteiger partial charge in [-0.3, -0.25) is 4.79 Å². The molecule has 0 aliphatic carbocycles. The Labute approximate surface area is 158 Å². The molecule has 1 N–H and O–H groups in total. The highest BCUT2D eigenvalue weighted by Gasteiger charge is 2.27. The van der Waals surface area contributed by atoms with Crippen LogP contribution in [0.3, 0.4) is 0 Å². The van der Waals surface area contributed by atoms with E-state index in [1.54, 1.807) is 18.2 Å². The second-order valence-electron chi connectivity index (χ2n) is 6.13. The number of carbonyl (C=O) groups excluding carboxylic acids is 2. The summed E-state index contributed by atoms with van der Waals surface area (Å²) in [4.78, 5) is 24.5. The van der Waals surface area contributed by atoms with Gasteiger partial charge in [0.05, 0.1) is 23.3 Å². The minimum Gasteiger partial charge on any atom is -0.465 e. The van der Waals surface area contributed by atoms with Gasteiger partial charge in [-0.1, -0.05) is 18.2 Å². The monoisotopic (exact) mass is 388 g/mol. The zero-order valence-corrected chi connectivity index (χ0v) is 15.7. The van der Waals surface area contributed by atoms with Gasteiger partial charge < -0.3 is 10.1 Å². The average molecular weight is 388 g/mol. The number of amides is 1. The van der Waals surface area contributed by atoms with Crippen molar-refractivity contribution in [3.05, 3.63) is 59.7 Å². The first-order valence-electron chi connectivity index (χ1n) is 8.52. The van der Waals surface area contributed by atoms with E-state index in [0.717, 1.165) is 12.8 Å². The van der Waals surface area contributed by atoms with Gasteiger partial charge in [0, 0.05) is 18.7 Å². The molecule has 1 saturated heterocycles. The van der Waals surface area contributed by atoms with Crippen molar-refractivity contribution in [3.8, 4) is 0 Å². The van der Waals surface area contributed by atoms with E-state index in [9.17, 15) is 18.0 Å². The Bertz CT molecular complexity index is 966. The Balaban J connectivity index is 1.86. The fourth-order valence-corrected chi connectivity index (χ4v) is 4.51. The van der Waals surface area contributed by atoms with Gasteiger partial charge in [0.25, 0.3) is 5.91 Å². The highest BCUT2D eigenvalue weighted by Crippen LogP contribution is 2.22. The third kappa shape index (κ3) is 4.01. The molecule has 1 aliphatic rings. The first kappa shape index (κ1) is 19.1. The molecule has 0 bridgehead atoms. The summed E-state index contributed by atoms with van der Waals surface area (Å²) in [5, 5.41) is 2.64. The van der Waals surface area contributed by atoms with Gasteiger partial charge >= 0.3 is 5.97 Å². The number of carbonyl (C=O) groups is 2. The summed E-state index contributed by atoms with van der Waals surface area (Å²) >= 11 is 0. The van der Waals surface area contributed by atoms with Gasteiger partial charge in [-0.05, 0) is 43.2 Å². The highest BCUT2D eigenvalue weighted by atomic mass is 32.2. The Morgan fingerprint density at radius 2 is 1.74 bits per heavy atom. The van der Waals surface area contributed by atoms with E-state index in [0.29, 0.717) is 18.8 Å². The number of ether oxygens (including phenoxy) is 1. The van der Waals surface area contributed by atoms with Gasteiger partial charge in [-0.15, -0.1) is 0 Å². The second-order valence-corrected chi connectivity index (χ2v) is 8.07. The number of sulfonamides is 1. The summed E-state index contributed by atoms with van der Waals surface area (Å²) in [7, 11) is -2.36. The number of para-hydroxylation sites is 1. The number of benzene rings is 2. The summed E-state index contributed by atoms with van der Waals surface area (Å²) in [6, 6.07) is 12.3. The van der Waals surface area contributed by atoms with Crippen LogP contribution < -0.4 is 5.32 Å². The van der Waals surface area contributed by atoms with E-state index in [4.69, 9.17) is 4.74 Å². The molecule has 142 valence electrons. The molecule has 2 aromatic rings. The van der Waals surface area contributed by atoms with Crippen molar-refractivity contribution in [1.29, 1.82) is 0 Å². The zero-order valence-electron chi connectivity index (χ0n) is 14.8. The van der Waals surface area contributed by atoms with Crippen molar-refractivity contribution in [3.63, 3.8) is 0 Å². The Kier molecular flexibility index (Phi) is 5.57. The first-order valence-corrected chi connectivity index (χ1v) is 9.96. The fourth-order valence-electron chi connectivity index (χ4n) is 2.95. The molecular formula is C19H20N2O5S. The molecule has 0 unspecified atom stereocenters. The van der Waals surface area contributed by atoms with E-state index < -0.39 is 21.9 Å². The van der Waals surface area contributed by atoms with Gasteiger partial charge in [0.15, 0.2) is 0 Å². The maximum Gasteiger partial charge on any atom is 0.339 e. The average Bonchev–Trinajstić information content (AvgIpc) is 3.23. The van der Waals surface area contributed by atoms with Gasteiger partial charge in [-0.2, -0.15) is 4.31 Å². The SMILES string of the molecule is COC(=O)c1ccccc1NC(=O)c1cccc(S(=O)(=O)N2CCCC2)c1. The van der Waals surface area contributed by atoms with Crippen molar-refractivity contribution >= 4 is 27.6 Å². The van der Waals surface area contributed by atoms with Crippen LogP contribution in [0.2, 0.25) is 0 Å². The minimum absolute atomic E-state index is 0.0818. The Morgan fingerprint density at radius 3 is 2.44 bits per heavy atom. The van der Waals surface area contributed by atoms with E-state index >= 15 is 0 Å². The summed E-state index contributed by atoms with van der Waals surface area (Å²) < 4.78 is 31.5. The molecule has 1 heterocycles. The lowest BCUT2D eigenvalue weighted by atomic mass is 10.1. The van der Waals surface area contributed by atoms with Crippen LogP contribution in [-0.4, -0.2) is 44.8 Å². The summed E-state index contributed by atoms with van der Waals surface area (Å²) in [5.74, 6) is -1.08. The van der Waals surface area contributed by atoms with Crippen LogP contribution >= 0.6 is 0 Å². The number of nitrogens with one attached hydrogen (secondary N) is 1. The van der Waals surface area contributed by atoms with Crippen LogP contribution in [0.25, 0.3) is 0 Å². The number of anilines is 1. The fraction of sp³-hybridized carbons (Fsp3) is 0.263. The van der Waals surface area contributed by atoms with Gasteiger partial charge in [0.2, 0.25) is 10.0 Å². The van der Waals surface area contributed by atoms with Crippen molar-refractivity contribution in [2.24, 2.45) is 0 Å². The standard InChI is InChI=1S/C19H20N2O5S/c1-26-19(23)16-9-2-3-10-17(16)20-18(22)14-7-6-8-15(13-14)27(24,25)21-11-4-5-12-21/h2-3,6-10,13H,4-5,11-12H2,1H3,(H,20,22). The number of nitrogens with zero attached hydrogens (tertiary/aromatic N) is 1. The maximum absolute atomic E-state index is 12.7. The van der Waals surface area contributed by atoms with E-state index in [1.807, 2.05) is 0 Å². The molecule has 0 radical (unpaired) electrons. The Morgan fingerprint density at radius 1 is 1.04 bits per heavy atom. The van der Waals surface area contributed by atoms with E-state index in [1.165, 1.54) is 41.7 Å². The van der Waals surface area contributed by atoms with Crippen LogP contribution in [0.1, 0.15) is 33.6 Å². The molecule has 7 nitrogen and oxygen atoms in total. The number of rotatable bonds is 5. The van der Waals surface area contributed by atoms with Crippen molar-refractivity contribution < 1.29 is 22.7 Å². The molecular weight excluding hydrogens is 368 g/mol. The molecule has 1 amide bonds. The predicted octanol–water partition coefficient (Wildman–Crippen LogP) is 2.51. The topological polar surface area (TPSA) is 92.8 Å². The van der Waals surface area contributed by atoms with Crippen LogP contribution in [0.15, 0.2) is 53.4 Å². The van der Waals surface area contributed by atoms with Crippen LogP contribution in [0, 0.1) is 0 Å². The second kappa shape index (κ2) is 7.89. The van der Waals surface area contributed by atoms with Crippen molar-refractivity contribution in [2.45, 2.75) is 17.7 Å². The van der Waals surface area contributed by atoms with Crippen molar-refractivity contribution in [1.82, 2.24) is 4.31 Å². The van der Waals surface area contributed by atoms with Crippen LogP contribution in [-0.2, 0) is 14.8 Å². The molecule has 0 atom stereocenters. The van der Waals surface area contributed by atoms with Gasteiger partial charge in [0.1, 0.15) is 0 Å². The summed E-state index contributed by atoms with van der Waals surface area (Å²) in [5.41, 5.74) is 0.700. The largest absolute Gasteiger partial charge is 0.465 e. The number of esters is 1. The Hall–Kier alpha value is -2.71. The molecule has 27 heavy (non-hydrogen) atoms. The zero-order chi connectivity index (χ0) is 19.4. The maximum atomic E-state index is 12.7. The molecule has 3 rings (SSSR count). The summed E-state index contributed by atoms with van der Waals surface area (Å²) in [6.45, 7) is 0.983. The molecule has 1 fully saturated rings.